The second-order valence-corrected chi connectivity index (χ2v) is 7.07. The van der Waals surface area contributed by atoms with Crippen LogP contribution in [0.4, 0.5) is 0 Å². The number of aromatic nitrogens is 3. The minimum atomic E-state index is -0.0264. The van der Waals surface area contributed by atoms with E-state index in [1.54, 1.807) is 6.33 Å². The van der Waals surface area contributed by atoms with E-state index in [0.717, 1.165) is 18.8 Å². The lowest BCUT2D eigenvalue weighted by Gasteiger charge is -2.35. The molecule has 1 saturated carbocycles. The minimum Gasteiger partial charge on any atom is -0.250 e. The minimum absolute atomic E-state index is 0.0264. The zero-order valence-corrected chi connectivity index (χ0v) is 14.0. The number of alkyl halides is 2. The molecule has 3 nitrogen and oxygen atoms in total. The molecule has 0 bridgehead atoms. The number of hydrogen-bond donors (Lipinski definition) is 0. The van der Waals surface area contributed by atoms with Crippen molar-refractivity contribution in [1.82, 2.24) is 14.8 Å². The first kappa shape index (κ1) is 16.1. The first-order valence-corrected chi connectivity index (χ1v) is 8.67. The SMILES string of the molecule is CC(C)Cn1ncnc1CC(CCl)(CCl)C1CCCC1. The van der Waals surface area contributed by atoms with Gasteiger partial charge in [0.25, 0.3) is 0 Å². The van der Waals surface area contributed by atoms with E-state index in [4.69, 9.17) is 23.2 Å². The summed E-state index contributed by atoms with van der Waals surface area (Å²) in [6.45, 7) is 5.29. The Hall–Kier alpha value is -0.280. The quantitative estimate of drug-likeness (QED) is 0.708. The molecular formula is C15H25Cl2N3. The Bertz CT molecular complexity index is 407. The van der Waals surface area contributed by atoms with Gasteiger partial charge >= 0.3 is 0 Å². The van der Waals surface area contributed by atoms with E-state index < -0.39 is 0 Å². The predicted octanol–water partition coefficient (Wildman–Crippen LogP) is 4.13. The van der Waals surface area contributed by atoms with Crippen LogP contribution in [-0.4, -0.2) is 26.5 Å². The van der Waals surface area contributed by atoms with Crippen molar-refractivity contribution in [3.05, 3.63) is 12.2 Å². The maximum absolute atomic E-state index is 6.34. The van der Waals surface area contributed by atoms with Gasteiger partial charge in [-0.25, -0.2) is 9.67 Å². The highest BCUT2D eigenvalue weighted by Crippen LogP contribution is 2.43. The van der Waals surface area contributed by atoms with Crippen molar-refractivity contribution in [2.24, 2.45) is 17.3 Å². The summed E-state index contributed by atoms with van der Waals surface area (Å²) in [5, 5.41) is 4.36. The number of halogens is 2. The topological polar surface area (TPSA) is 30.7 Å². The number of hydrogen-bond acceptors (Lipinski definition) is 2. The van der Waals surface area contributed by atoms with Gasteiger partial charge in [-0.15, -0.1) is 23.2 Å². The van der Waals surface area contributed by atoms with Gasteiger partial charge in [0, 0.05) is 30.1 Å². The molecule has 0 N–H and O–H groups in total. The Morgan fingerprint density at radius 3 is 2.50 bits per heavy atom. The van der Waals surface area contributed by atoms with Crippen molar-refractivity contribution in [1.29, 1.82) is 0 Å². The van der Waals surface area contributed by atoms with Gasteiger partial charge in [0.05, 0.1) is 0 Å². The molecular weight excluding hydrogens is 293 g/mol. The lowest BCUT2D eigenvalue weighted by molar-refractivity contribution is 0.216. The summed E-state index contributed by atoms with van der Waals surface area (Å²) in [7, 11) is 0. The van der Waals surface area contributed by atoms with Gasteiger partial charge in [0.15, 0.2) is 0 Å². The lowest BCUT2D eigenvalue weighted by Crippen LogP contribution is -2.36. The van der Waals surface area contributed by atoms with E-state index >= 15 is 0 Å². The fourth-order valence-electron chi connectivity index (χ4n) is 3.27. The van der Waals surface area contributed by atoms with Crippen molar-refractivity contribution in [3.8, 4) is 0 Å². The van der Waals surface area contributed by atoms with E-state index in [2.05, 4.69) is 23.9 Å². The Labute approximate surface area is 132 Å². The highest BCUT2D eigenvalue weighted by atomic mass is 35.5. The molecule has 0 amide bonds. The van der Waals surface area contributed by atoms with Crippen LogP contribution < -0.4 is 0 Å². The van der Waals surface area contributed by atoms with Crippen LogP contribution in [0, 0.1) is 17.3 Å². The average molecular weight is 318 g/mol. The number of rotatable bonds is 7. The third-order valence-electron chi connectivity index (χ3n) is 4.50. The summed E-state index contributed by atoms with van der Waals surface area (Å²) >= 11 is 12.7. The summed E-state index contributed by atoms with van der Waals surface area (Å²) in [6.07, 6.45) is 7.60. The first-order chi connectivity index (χ1) is 9.61. The molecule has 0 aliphatic heterocycles. The molecule has 0 spiro atoms. The van der Waals surface area contributed by atoms with Crippen LogP contribution in [0.5, 0.6) is 0 Å². The van der Waals surface area contributed by atoms with E-state index in [9.17, 15) is 0 Å². The summed E-state index contributed by atoms with van der Waals surface area (Å²) in [5.74, 6) is 3.43. The molecule has 1 aromatic heterocycles. The Morgan fingerprint density at radius 2 is 1.95 bits per heavy atom. The molecule has 0 atom stereocenters. The van der Waals surface area contributed by atoms with Gasteiger partial charge < -0.3 is 0 Å². The van der Waals surface area contributed by atoms with Crippen molar-refractivity contribution in [2.75, 3.05) is 11.8 Å². The molecule has 1 aliphatic rings. The van der Waals surface area contributed by atoms with Crippen molar-refractivity contribution in [3.63, 3.8) is 0 Å². The zero-order chi connectivity index (χ0) is 14.6. The molecule has 1 aromatic rings. The van der Waals surface area contributed by atoms with Crippen LogP contribution in [0.2, 0.25) is 0 Å². The maximum atomic E-state index is 6.34. The van der Waals surface area contributed by atoms with Crippen LogP contribution in [-0.2, 0) is 13.0 Å². The fourth-order valence-corrected chi connectivity index (χ4v) is 4.18. The third-order valence-corrected chi connectivity index (χ3v) is 5.56. The molecule has 0 saturated heterocycles. The van der Waals surface area contributed by atoms with Gasteiger partial charge in [0.2, 0.25) is 0 Å². The van der Waals surface area contributed by atoms with Crippen molar-refractivity contribution < 1.29 is 0 Å². The van der Waals surface area contributed by atoms with Gasteiger partial charge in [-0.05, 0) is 24.7 Å². The highest BCUT2D eigenvalue weighted by Gasteiger charge is 2.40. The Morgan fingerprint density at radius 1 is 1.30 bits per heavy atom. The van der Waals surface area contributed by atoms with E-state index in [-0.39, 0.29) is 5.41 Å². The van der Waals surface area contributed by atoms with Crippen LogP contribution in [0.3, 0.4) is 0 Å². The summed E-state index contributed by atoms with van der Waals surface area (Å²) < 4.78 is 2.02. The summed E-state index contributed by atoms with van der Waals surface area (Å²) in [4.78, 5) is 4.46. The highest BCUT2D eigenvalue weighted by molar-refractivity contribution is 6.21. The van der Waals surface area contributed by atoms with Gasteiger partial charge in [-0.3, -0.25) is 0 Å². The normalized spacial score (nSPS) is 17.2. The molecule has 5 heteroatoms. The second-order valence-electron chi connectivity index (χ2n) is 6.54. The molecule has 1 heterocycles. The van der Waals surface area contributed by atoms with E-state index in [1.807, 2.05) is 4.68 Å². The molecule has 114 valence electrons. The van der Waals surface area contributed by atoms with Crippen molar-refractivity contribution >= 4 is 23.2 Å². The zero-order valence-electron chi connectivity index (χ0n) is 12.5. The van der Waals surface area contributed by atoms with Crippen LogP contribution >= 0.6 is 23.2 Å². The monoisotopic (exact) mass is 317 g/mol. The fraction of sp³-hybridized carbons (Fsp3) is 0.867. The molecule has 20 heavy (non-hydrogen) atoms. The van der Waals surface area contributed by atoms with Crippen LogP contribution in [0.15, 0.2) is 6.33 Å². The largest absolute Gasteiger partial charge is 0.250 e. The van der Waals surface area contributed by atoms with E-state index in [1.165, 1.54) is 25.7 Å². The van der Waals surface area contributed by atoms with Gasteiger partial charge in [-0.1, -0.05) is 26.7 Å². The third kappa shape index (κ3) is 3.48. The van der Waals surface area contributed by atoms with Gasteiger partial charge in [-0.2, -0.15) is 5.10 Å². The smallest absolute Gasteiger partial charge is 0.138 e. The average Bonchev–Trinajstić information content (AvgIpc) is 3.08. The Balaban J connectivity index is 2.17. The van der Waals surface area contributed by atoms with Gasteiger partial charge in [0.1, 0.15) is 12.2 Å². The first-order valence-electron chi connectivity index (χ1n) is 7.60. The van der Waals surface area contributed by atoms with E-state index in [0.29, 0.717) is 23.6 Å². The number of nitrogens with zero attached hydrogens (tertiary/aromatic N) is 3. The van der Waals surface area contributed by atoms with Crippen molar-refractivity contribution in [2.45, 2.75) is 52.5 Å². The standard InChI is InChI=1S/C15H25Cl2N3/c1-12(2)8-20-14(18-11-19-20)7-15(9-16,10-17)13-5-3-4-6-13/h11-13H,3-10H2,1-2H3. The molecule has 1 aliphatic carbocycles. The molecule has 1 fully saturated rings. The second kappa shape index (κ2) is 7.13. The summed E-state index contributed by atoms with van der Waals surface area (Å²) in [6, 6.07) is 0. The lowest BCUT2D eigenvalue weighted by atomic mass is 9.74. The van der Waals surface area contributed by atoms with Crippen LogP contribution in [0.25, 0.3) is 0 Å². The molecule has 0 aromatic carbocycles. The molecule has 0 unspecified atom stereocenters. The maximum Gasteiger partial charge on any atom is 0.138 e. The molecule has 0 radical (unpaired) electrons. The van der Waals surface area contributed by atoms with Crippen LogP contribution in [0.1, 0.15) is 45.4 Å². The Kier molecular flexibility index (Phi) is 5.74. The predicted molar refractivity (Wildman–Crippen MR) is 84.4 cm³/mol. The molecule has 2 rings (SSSR count). The summed E-state index contributed by atoms with van der Waals surface area (Å²) in [5.41, 5.74) is -0.0264.